The number of rotatable bonds is 1. The number of fused-ring (bicyclic) bond motifs is 3. The number of benzene rings is 2. The van der Waals surface area contributed by atoms with Crippen LogP contribution in [0.15, 0.2) is 47.3 Å². The van der Waals surface area contributed by atoms with Crippen LogP contribution in [0.2, 0.25) is 0 Å². The Balaban J connectivity index is 1.80. The summed E-state index contributed by atoms with van der Waals surface area (Å²) in [7, 11) is 0. The Bertz CT molecular complexity index is 961. The zero-order valence-electron chi connectivity index (χ0n) is 12.9. The van der Waals surface area contributed by atoms with Crippen molar-refractivity contribution in [3.05, 3.63) is 64.1 Å². The van der Waals surface area contributed by atoms with Crippen molar-refractivity contribution in [1.82, 2.24) is 9.55 Å². The molecule has 23 heavy (non-hydrogen) atoms. The topological polar surface area (TPSA) is 72.9 Å². The van der Waals surface area contributed by atoms with Gasteiger partial charge in [-0.1, -0.05) is 18.2 Å². The monoisotopic (exact) mass is 306 g/mol. The summed E-state index contributed by atoms with van der Waals surface area (Å²) in [4.78, 5) is 16.6. The standard InChI is InChI=1S/C18H18N4O/c1-11-8-13(19)6-7-14(11)12-9-20-17-15-4-2-3-5-16(15)21-18(23)22(17)10-12/h2-8,12,20H,9-10,19H2,1H3. The van der Waals surface area contributed by atoms with E-state index in [9.17, 15) is 4.79 Å². The number of aromatic nitrogens is 2. The first kappa shape index (κ1) is 13.8. The van der Waals surface area contributed by atoms with Gasteiger partial charge in [-0.05, 0) is 42.3 Å². The van der Waals surface area contributed by atoms with Crippen molar-refractivity contribution in [3.8, 4) is 0 Å². The first-order valence-electron chi connectivity index (χ1n) is 7.73. The van der Waals surface area contributed by atoms with E-state index in [0.717, 1.165) is 34.5 Å². The summed E-state index contributed by atoms with van der Waals surface area (Å²) in [5.74, 6) is 1.09. The van der Waals surface area contributed by atoms with Crippen LogP contribution in [0.5, 0.6) is 0 Å². The van der Waals surface area contributed by atoms with Crippen molar-refractivity contribution < 1.29 is 0 Å². The molecule has 0 fully saturated rings. The molecule has 5 heteroatoms. The van der Waals surface area contributed by atoms with Crippen LogP contribution in [0.4, 0.5) is 11.5 Å². The smallest absolute Gasteiger partial charge is 0.349 e. The fourth-order valence-electron chi connectivity index (χ4n) is 3.41. The van der Waals surface area contributed by atoms with Gasteiger partial charge in [-0.2, -0.15) is 4.98 Å². The van der Waals surface area contributed by atoms with Crippen molar-refractivity contribution >= 4 is 22.4 Å². The Morgan fingerprint density at radius 3 is 2.91 bits per heavy atom. The van der Waals surface area contributed by atoms with Gasteiger partial charge in [-0.15, -0.1) is 0 Å². The van der Waals surface area contributed by atoms with Gasteiger partial charge in [0.25, 0.3) is 0 Å². The number of nitrogens with one attached hydrogen (secondary N) is 1. The van der Waals surface area contributed by atoms with Crippen LogP contribution in [0.1, 0.15) is 17.0 Å². The Morgan fingerprint density at radius 2 is 2.09 bits per heavy atom. The minimum absolute atomic E-state index is 0.205. The third kappa shape index (κ3) is 2.25. The van der Waals surface area contributed by atoms with E-state index in [1.165, 1.54) is 5.56 Å². The lowest BCUT2D eigenvalue weighted by atomic mass is 9.93. The van der Waals surface area contributed by atoms with Crippen molar-refractivity contribution in [2.75, 3.05) is 17.6 Å². The molecule has 3 N–H and O–H groups in total. The molecular weight excluding hydrogens is 288 g/mol. The summed E-state index contributed by atoms with van der Waals surface area (Å²) in [5, 5.41) is 4.41. The summed E-state index contributed by atoms with van der Waals surface area (Å²) in [6.45, 7) is 3.48. The average molecular weight is 306 g/mol. The summed E-state index contributed by atoms with van der Waals surface area (Å²) < 4.78 is 1.74. The van der Waals surface area contributed by atoms with Crippen molar-refractivity contribution in [1.29, 1.82) is 0 Å². The third-order valence-electron chi connectivity index (χ3n) is 4.53. The molecule has 1 aliphatic rings. The van der Waals surface area contributed by atoms with Crippen molar-refractivity contribution in [2.24, 2.45) is 0 Å². The average Bonchev–Trinajstić information content (AvgIpc) is 2.55. The van der Waals surface area contributed by atoms with E-state index in [2.05, 4.69) is 23.3 Å². The highest BCUT2D eigenvalue weighted by molar-refractivity contribution is 5.89. The number of hydrogen-bond donors (Lipinski definition) is 2. The zero-order valence-corrected chi connectivity index (χ0v) is 12.9. The van der Waals surface area contributed by atoms with E-state index in [-0.39, 0.29) is 11.6 Å². The molecule has 0 spiro atoms. The normalized spacial score (nSPS) is 16.8. The summed E-state index contributed by atoms with van der Waals surface area (Å²) >= 11 is 0. The molecule has 0 amide bonds. The lowest BCUT2D eigenvalue weighted by Crippen LogP contribution is -2.35. The predicted octanol–water partition coefficient (Wildman–Crippen LogP) is 2.50. The highest BCUT2D eigenvalue weighted by Gasteiger charge is 2.23. The molecule has 0 bridgehead atoms. The second-order valence-corrected chi connectivity index (χ2v) is 6.06. The first-order chi connectivity index (χ1) is 11.1. The fraction of sp³-hybridized carbons (Fsp3) is 0.222. The molecule has 0 radical (unpaired) electrons. The van der Waals surface area contributed by atoms with Crippen LogP contribution in [0.25, 0.3) is 10.9 Å². The fourth-order valence-corrected chi connectivity index (χ4v) is 3.41. The number of para-hydroxylation sites is 1. The molecule has 3 aromatic rings. The van der Waals surface area contributed by atoms with Crippen molar-refractivity contribution in [2.45, 2.75) is 19.4 Å². The van der Waals surface area contributed by atoms with Gasteiger partial charge >= 0.3 is 5.69 Å². The van der Waals surface area contributed by atoms with Gasteiger partial charge in [0.2, 0.25) is 0 Å². The van der Waals surface area contributed by atoms with Gasteiger partial charge in [0, 0.05) is 30.1 Å². The second kappa shape index (κ2) is 5.12. The summed E-state index contributed by atoms with van der Waals surface area (Å²) in [5.41, 5.74) is 9.51. The quantitative estimate of drug-likeness (QED) is 0.678. The van der Waals surface area contributed by atoms with E-state index < -0.39 is 0 Å². The molecule has 0 saturated carbocycles. The highest BCUT2D eigenvalue weighted by atomic mass is 16.1. The van der Waals surface area contributed by atoms with Crippen LogP contribution in [-0.4, -0.2) is 16.1 Å². The molecule has 1 aliphatic heterocycles. The van der Waals surface area contributed by atoms with Gasteiger partial charge in [0.05, 0.1) is 5.52 Å². The van der Waals surface area contributed by atoms with E-state index in [0.29, 0.717) is 6.54 Å². The lowest BCUT2D eigenvalue weighted by Gasteiger charge is -2.29. The van der Waals surface area contributed by atoms with Crippen LogP contribution in [-0.2, 0) is 6.54 Å². The van der Waals surface area contributed by atoms with E-state index >= 15 is 0 Å². The van der Waals surface area contributed by atoms with Crippen LogP contribution in [0.3, 0.4) is 0 Å². The molecule has 1 atom stereocenters. The van der Waals surface area contributed by atoms with Crippen LogP contribution in [0, 0.1) is 6.92 Å². The maximum atomic E-state index is 12.4. The molecule has 1 aromatic heterocycles. The maximum Gasteiger partial charge on any atom is 0.349 e. The number of nitrogens with zero attached hydrogens (tertiary/aromatic N) is 2. The maximum absolute atomic E-state index is 12.4. The predicted molar refractivity (Wildman–Crippen MR) is 92.8 cm³/mol. The molecule has 0 aliphatic carbocycles. The first-order valence-corrected chi connectivity index (χ1v) is 7.73. The van der Waals surface area contributed by atoms with Crippen molar-refractivity contribution in [3.63, 3.8) is 0 Å². The number of hydrogen-bond acceptors (Lipinski definition) is 4. The molecular formula is C18H18N4O. The number of anilines is 2. The number of aryl methyl sites for hydroxylation is 1. The Labute approximate surface area is 133 Å². The molecule has 116 valence electrons. The van der Waals surface area contributed by atoms with E-state index in [1.807, 2.05) is 36.4 Å². The SMILES string of the molecule is Cc1cc(N)ccc1C1CNc2c3ccccc3nc(=O)n2C1. The number of nitrogens with two attached hydrogens (primary N) is 1. The summed E-state index contributed by atoms with van der Waals surface area (Å²) in [6, 6.07) is 13.7. The zero-order chi connectivity index (χ0) is 16.0. The van der Waals surface area contributed by atoms with Crippen LogP contribution < -0.4 is 16.7 Å². The molecule has 5 nitrogen and oxygen atoms in total. The molecule has 1 unspecified atom stereocenters. The molecule has 0 saturated heterocycles. The third-order valence-corrected chi connectivity index (χ3v) is 4.53. The summed E-state index contributed by atoms with van der Waals surface area (Å²) in [6.07, 6.45) is 0. The Hall–Kier alpha value is -2.82. The highest BCUT2D eigenvalue weighted by Crippen LogP contribution is 2.30. The van der Waals surface area contributed by atoms with E-state index in [4.69, 9.17) is 5.73 Å². The number of nitrogen functional groups attached to an aromatic ring is 1. The van der Waals surface area contributed by atoms with Gasteiger partial charge < -0.3 is 11.1 Å². The molecule has 2 heterocycles. The second-order valence-electron chi connectivity index (χ2n) is 6.06. The Morgan fingerprint density at radius 1 is 1.26 bits per heavy atom. The minimum atomic E-state index is -0.205. The van der Waals surface area contributed by atoms with Gasteiger partial charge in [0.15, 0.2) is 0 Å². The van der Waals surface area contributed by atoms with Gasteiger partial charge in [-0.25, -0.2) is 4.79 Å². The Kier molecular flexibility index (Phi) is 3.08. The van der Waals surface area contributed by atoms with E-state index in [1.54, 1.807) is 4.57 Å². The van der Waals surface area contributed by atoms with Gasteiger partial charge in [0.1, 0.15) is 5.82 Å². The molecule has 2 aromatic carbocycles. The minimum Gasteiger partial charge on any atom is -0.399 e. The lowest BCUT2D eigenvalue weighted by molar-refractivity contribution is 0.528. The largest absolute Gasteiger partial charge is 0.399 e. The molecule has 4 rings (SSSR count). The van der Waals surface area contributed by atoms with Gasteiger partial charge in [-0.3, -0.25) is 4.57 Å². The van der Waals surface area contributed by atoms with Crippen LogP contribution >= 0.6 is 0 Å².